The van der Waals surface area contributed by atoms with Gasteiger partial charge in [0.15, 0.2) is 0 Å². The number of aliphatic carboxylic acids is 1. The summed E-state index contributed by atoms with van der Waals surface area (Å²) in [5.41, 5.74) is 2.02. The van der Waals surface area contributed by atoms with E-state index in [-0.39, 0.29) is 16.1 Å². The van der Waals surface area contributed by atoms with Gasteiger partial charge in [-0.2, -0.15) is 17.5 Å². The molecule has 3 aromatic rings. The minimum atomic E-state index is -5.08. The van der Waals surface area contributed by atoms with Crippen LogP contribution in [0.1, 0.15) is 12.0 Å². The summed E-state index contributed by atoms with van der Waals surface area (Å²) in [6, 6.07) is 15.3. The van der Waals surface area contributed by atoms with E-state index in [0.29, 0.717) is 5.02 Å². The molecule has 1 saturated heterocycles. The number of carbonyl (C=O) groups is 1. The number of anilines is 2. The number of halogens is 4. The quantitative estimate of drug-likeness (QED) is 0.388. The number of sulfonamides is 1. The first-order chi connectivity index (χ1) is 16.9. The zero-order chi connectivity index (χ0) is 26.3. The number of hydrogen-bond acceptors (Lipinski definition) is 8. The van der Waals surface area contributed by atoms with Gasteiger partial charge in [0.2, 0.25) is 5.13 Å². The molecule has 0 saturated carbocycles. The van der Waals surface area contributed by atoms with Gasteiger partial charge < -0.3 is 10.4 Å². The van der Waals surface area contributed by atoms with Crippen molar-refractivity contribution in [2.45, 2.75) is 30.1 Å². The van der Waals surface area contributed by atoms with Crippen molar-refractivity contribution in [2.75, 3.05) is 23.1 Å². The van der Waals surface area contributed by atoms with Crippen molar-refractivity contribution in [1.82, 2.24) is 14.3 Å². The zero-order valence-electron chi connectivity index (χ0n) is 18.4. The predicted octanol–water partition coefficient (Wildman–Crippen LogP) is 4.31. The first-order valence-electron chi connectivity index (χ1n) is 10.4. The third-order valence-electron chi connectivity index (χ3n) is 4.96. The van der Waals surface area contributed by atoms with Gasteiger partial charge >= 0.3 is 12.1 Å². The van der Waals surface area contributed by atoms with Crippen molar-refractivity contribution in [1.29, 1.82) is 0 Å². The SMILES string of the molecule is O=C(O)C(F)(F)F.O=S(=O)(Nc1ncns1)c1ccc(N[C@H]2CCN(Cc3ccccc3)C2)c(Cl)c1. The minimum Gasteiger partial charge on any atom is -0.475 e. The van der Waals surface area contributed by atoms with Gasteiger partial charge in [0.05, 0.1) is 15.6 Å². The van der Waals surface area contributed by atoms with Gasteiger partial charge in [0.25, 0.3) is 10.0 Å². The average molecular weight is 564 g/mol. The van der Waals surface area contributed by atoms with Crippen LogP contribution in [-0.2, 0) is 21.4 Å². The first kappa shape index (κ1) is 27.6. The summed E-state index contributed by atoms with van der Waals surface area (Å²) >= 11 is 7.34. The van der Waals surface area contributed by atoms with E-state index >= 15 is 0 Å². The second-order valence-electron chi connectivity index (χ2n) is 7.65. The summed E-state index contributed by atoms with van der Waals surface area (Å²) in [5.74, 6) is -2.76. The first-order valence-corrected chi connectivity index (χ1v) is 13.0. The van der Waals surface area contributed by atoms with Gasteiger partial charge in [-0.3, -0.25) is 9.62 Å². The second-order valence-corrected chi connectivity index (χ2v) is 10.5. The molecule has 1 aliphatic rings. The molecular formula is C21H21ClF3N5O4S2. The number of alkyl halides is 3. The highest BCUT2D eigenvalue weighted by Gasteiger charge is 2.38. The minimum absolute atomic E-state index is 0.0837. The Morgan fingerprint density at radius 3 is 2.50 bits per heavy atom. The molecular weight excluding hydrogens is 543 g/mol. The van der Waals surface area contributed by atoms with Crippen LogP contribution in [0, 0.1) is 0 Å². The van der Waals surface area contributed by atoms with Crippen molar-refractivity contribution in [2.24, 2.45) is 0 Å². The van der Waals surface area contributed by atoms with Crippen LogP contribution in [-0.4, -0.2) is 59.1 Å². The van der Waals surface area contributed by atoms with E-state index in [9.17, 15) is 21.6 Å². The van der Waals surface area contributed by atoms with Crippen LogP contribution in [0.2, 0.25) is 5.02 Å². The largest absolute Gasteiger partial charge is 0.490 e. The number of carboxylic acid groups (broad SMARTS) is 1. The van der Waals surface area contributed by atoms with Crippen LogP contribution in [0.5, 0.6) is 0 Å². The standard InChI is InChI=1S/C19H20ClN5O2S2.C2HF3O2/c20-17-10-16(29(26,27)24-19-21-13-22-28-19)6-7-18(17)23-15-8-9-25(12-15)11-14-4-2-1-3-5-14;3-2(4,5)1(6)7/h1-7,10,13,15,23H,8-9,11-12H2,(H,21,22,24);(H,6,7)/t15-;/m0./s1. The Hall–Kier alpha value is -2.94. The lowest BCUT2D eigenvalue weighted by Crippen LogP contribution is -2.26. The highest BCUT2D eigenvalue weighted by molar-refractivity contribution is 7.93. The summed E-state index contributed by atoms with van der Waals surface area (Å²) in [6.45, 7) is 2.83. The zero-order valence-corrected chi connectivity index (χ0v) is 20.8. The molecule has 0 bridgehead atoms. The molecule has 0 radical (unpaired) electrons. The van der Waals surface area contributed by atoms with Gasteiger partial charge in [-0.1, -0.05) is 41.9 Å². The highest BCUT2D eigenvalue weighted by atomic mass is 35.5. The molecule has 194 valence electrons. The summed E-state index contributed by atoms with van der Waals surface area (Å²) < 4.78 is 62.8. The number of nitrogens with one attached hydrogen (secondary N) is 2. The van der Waals surface area contributed by atoms with Gasteiger partial charge in [0.1, 0.15) is 6.33 Å². The molecule has 36 heavy (non-hydrogen) atoms. The summed E-state index contributed by atoms with van der Waals surface area (Å²) in [5, 5.41) is 11.1. The van der Waals surface area contributed by atoms with Crippen LogP contribution in [0.15, 0.2) is 59.8 Å². The molecule has 1 atom stereocenters. The second kappa shape index (κ2) is 11.9. The van der Waals surface area contributed by atoms with Crippen LogP contribution in [0.4, 0.5) is 24.0 Å². The predicted molar refractivity (Wildman–Crippen MR) is 130 cm³/mol. The van der Waals surface area contributed by atoms with E-state index in [1.54, 1.807) is 6.07 Å². The Morgan fingerprint density at radius 1 is 1.22 bits per heavy atom. The van der Waals surface area contributed by atoms with Crippen molar-refractivity contribution < 1.29 is 31.5 Å². The van der Waals surface area contributed by atoms with Crippen LogP contribution in [0.3, 0.4) is 0 Å². The fraction of sp³-hybridized carbons (Fsp3) is 0.286. The Bertz CT molecular complexity index is 1260. The lowest BCUT2D eigenvalue weighted by Gasteiger charge is -2.18. The Labute approximate surface area is 214 Å². The van der Waals surface area contributed by atoms with Crippen LogP contribution >= 0.6 is 23.1 Å². The normalized spacial score (nSPS) is 16.2. The molecule has 1 aliphatic heterocycles. The van der Waals surface area contributed by atoms with E-state index in [1.165, 1.54) is 24.0 Å². The molecule has 4 rings (SSSR count). The van der Waals surface area contributed by atoms with Gasteiger partial charge in [-0.05, 0) is 30.2 Å². The van der Waals surface area contributed by atoms with Crippen molar-refractivity contribution in [3.63, 3.8) is 0 Å². The molecule has 9 nitrogen and oxygen atoms in total. The number of hydrogen-bond donors (Lipinski definition) is 3. The van der Waals surface area contributed by atoms with Gasteiger partial charge in [-0.15, -0.1) is 0 Å². The Morgan fingerprint density at radius 2 is 1.92 bits per heavy atom. The number of nitrogens with zero attached hydrogens (tertiary/aromatic N) is 3. The maximum Gasteiger partial charge on any atom is 0.490 e. The third kappa shape index (κ3) is 8.05. The number of carboxylic acids is 1. The van der Waals surface area contributed by atoms with Gasteiger partial charge in [-0.25, -0.2) is 18.2 Å². The van der Waals surface area contributed by atoms with E-state index in [2.05, 4.69) is 48.6 Å². The number of likely N-dealkylation sites (tertiary alicyclic amines) is 1. The third-order valence-corrected chi connectivity index (χ3v) is 7.32. The molecule has 1 aromatic heterocycles. The summed E-state index contributed by atoms with van der Waals surface area (Å²) in [4.78, 5) is 15.2. The number of aromatic nitrogens is 2. The molecule has 0 aliphatic carbocycles. The van der Waals surface area contributed by atoms with Gasteiger partial charge in [0, 0.05) is 37.2 Å². The molecule has 0 spiro atoms. The van der Waals surface area contributed by atoms with E-state index in [4.69, 9.17) is 21.5 Å². The summed E-state index contributed by atoms with van der Waals surface area (Å²) in [7, 11) is -3.76. The maximum atomic E-state index is 12.5. The van der Waals surface area contributed by atoms with Crippen LogP contribution in [0.25, 0.3) is 0 Å². The van der Waals surface area contributed by atoms with Crippen LogP contribution < -0.4 is 10.0 Å². The van der Waals surface area contributed by atoms with Crippen molar-refractivity contribution >= 4 is 49.9 Å². The molecule has 3 N–H and O–H groups in total. The molecule has 2 heterocycles. The molecule has 15 heteroatoms. The van der Waals surface area contributed by atoms with Crippen molar-refractivity contribution in [3.05, 3.63) is 65.4 Å². The van der Waals surface area contributed by atoms with E-state index < -0.39 is 22.2 Å². The smallest absolute Gasteiger partial charge is 0.475 e. The highest BCUT2D eigenvalue weighted by Crippen LogP contribution is 2.28. The topological polar surface area (TPSA) is 125 Å². The maximum absolute atomic E-state index is 12.5. The fourth-order valence-electron chi connectivity index (χ4n) is 3.33. The van der Waals surface area contributed by atoms with E-state index in [0.717, 1.165) is 43.3 Å². The number of rotatable bonds is 7. The summed E-state index contributed by atoms with van der Waals surface area (Å²) in [6.07, 6.45) is -2.78. The Kier molecular flexibility index (Phi) is 9.11. The molecule has 1 fully saturated rings. The van der Waals surface area contributed by atoms with Crippen molar-refractivity contribution in [3.8, 4) is 0 Å². The molecule has 2 aromatic carbocycles. The lowest BCUT2D eigenvalue weighted by atomic mass is 10.2. The fourth-order valence-corrected chi connectivity index (χ4v) is 5.31. The average Bonchev–Trinajstić information content (AvgIpc) is 3.47. The molecule has 0 amide bonds. The monoisotopic (exact) mass is 563 g/mol. The lowest BCUT2D eigenvalue weighted by molar-refractivity contribution is -0.192. The van der Waals surface area contributed by atoms with E-state index in [1.807, 2.05) is 6.07 Å². The molecule has 0 unspecified atom stereocenters. The Balaban J connectivity index is 0.000000454. The number of benzene rings is 2.